The van der Waals surface area contributed by atoms with E-state index < -0.39 is 0 Å². The van der Waals surface area contributed by atoms with Crippen LogP contribution in [0.4, 0.5) is 0 Å². The van der Waals surface area contributed by atoms with Gasteiger partial charge in [0.15, 0.2) is 0 Å². The average Bonchev–Trinajstić information content (AvgIpc) is 2.45. The standard InChI is InChI=1S/C17H35N3/c1-14(2)11-18-12-15(3)16(4)20-10-9-19-8-6-5-7-17(19)13-20/h14-18H,5-13H2,1-4H3. The second kappa shape index (κ2) is 7.77. The Kier molecular flexibility index (Phi) is 6.31. The predicted molar refractivity (Wildman–Crippen MR) is 87.1 cm³/mol. The van der Waals surface area contributed by atoms with Crippen molar-refractivity contribution in [2.45, 2.75) is 59.0 Å². The van der Waals surface area contributed by atoms with Crippen LogP contribution < -0.4 is 5.32 Å². The Labute approximate surface area is 126 Å². The molecule has 0 aromatic rings. The quantitative estimate of drug-likeness (QED) is 0.807. The van der Waals surface area contributed by atoms with E-state index in [-0.39, 0.29) is 0 Å². The fraction of sp³-hybridized carbons (Fsp3) is 1.00. The Morgan fingerprint density at radius 1 is 1.00 bits per heavy atom. The van der Waals surface area contributed by atoms with Crippen molar-refractivity contribution in [1.82, 2.24) is 15.1 Å². The van der Waals surface area contributed by atoms with Gasteiger partial charge in [0.1, 0.15) is 0 Å². The van der Waals surface area contributed by atoms with Gasteiger partial charge in [-0.2, -0.15) is 0 Å². The Hall–Kier alpha value is -0.120. The molecule has 0 bridgehead atoms. The van der Waals surface area contributed by atoms with Crippen molar-refractivity contribution >= 4 is 0 Å². The summed E-state index contributed by atoms with van der Waals surface area (Å²) < 4.78 is 0. The minimum absolute atomic E-state index is 0.707. The fourth-order valence-corrected chi connectivity index (χ4v) is 3.68. The van der Waals surface area contributed by atoms with E-state index in [1.165, 1.54) is 45.4 Å². The minimum atomic E-state index is 0.707. The third kappa shape index (κ3) is 4.44. The average molecular weight is 281 g/mol. The predicted octanol–water partition coefficient (Wildman–Crippen LogP) is 2.43. The zero-order chi connectivity index (χ0) is 14.5. The number of hydrogen-bond acceptors (Lipinski definition) is 3. The molecule has 2 saturated heterocycles. The van der Waals surface area contributed by atoms with E-state index in [0.29, 0.717) is 6.04 Å². The number of nitrogens with zero attached hydrogens (tertiary/aromatic N) is 2. The molecule has 3 atom stereocenters. The summed E-state index contributed by atoms with van der Waals surface area (Å²) in [5.74, 6) is 1.49. The Morgan fingerprint density at radius 2 is 1.80 bits per heavy atom. The monoisotopic (exact) mass is 281 g/mol. The first-order chi connectivity index (χ1) is 9.58. The van der Waals surface area contributed by atoms with Crippen LogP contribution in [0.3, 0.4) is 0 Å². The molecule has 0 spiro atoms. The molecule has 3 nitrogen and oxygen atoms in total. The zero-order valence-electron chi connectivity index (χ0n) is 14.1. The van der Waals surface area contributed by atoms with Crippen molar-refractivity contribution in [2.75, 3.05) is 39.3 Å². The lowest BCUT2D eigenvalue weighted by molar-refractivity contribution is 0.0192. The van der Waals surface area contributed by atoms with Crippen LogP contribution >= 0.6 is 0 Å². The molecule has 3 unspecified atom stereocenters. The van der Waals surface area contributed by atoms with Gasteiger partial charge in [0.05, 0.1) is 0 Å². The summed E-state index contributed by atoms with van der Waals surface area (Å²) in [5, 5.41) is 3.62. The summed E-state index contributed by atoms with van der Waals surface area (Å²) in [6, 6.07) is 1.55. The number of piperidine rings is 1. The lowest BCUT2D eigenvalue weighted by Crippen LogP contribution is -2.58. The Bertz CT molecular complexity index is 279. The van der Waals surface area contributed by atoms with Crippen molar-refractivity contribution in [3.63, 3.8) is 0 Å². The smallest absolute Gasteiger partial charge is 0.0223 e. The normalized spacial score (nSPS) is 28.4. The highest BCUT2D eigenvalue weighted by molar-refractivity contribution is 4.88. The molecule has 0 aliphatic carbocycles. The van der Waals surface area contributed by atoms with Crippen LogP contribution in [-0.2, 0) is 0 Å². The van der Waals surface area contributed by atoms with Gasteiger partial charge in [0, 0.05) is 31.7 Å². The fourth-order valence-electron chi connectivity index (χ4n) is 3.68. The number of nitrogens with one attached hydrogen (secondary N) is 1. The lowest BCUT2D eigenvalue weighted by atomic mass is 9.95. The molecular weight excluding hydrogens is 246 g/mol. The van der Waals surface area contributed by atoms with Crippen LogP contribution in [0.1, 0.15) is 47.0 Å². The maximum Gasteiger partial charge on any atom is 0.0223 e. The molecule has 0 saturated carbocycles. The number of fused-ring (bicyclic) bond motifs is 1. The summed E-state index contributed by atoms with van der Waals surface area (Å²) in [5.41, 5.74) is 0. The molecule has 118 valence electrons. The van der Waals surface area contributed by atoms with Gasteiger partial charge in [-0.25, -0.2) is 0 Å². The van der Waals surface area contributed by atoms with E-state index >= 15 is 0 Å². The number of rotatable bonds is 6. The van der Waals surface area contributed by atoms with E-state index in [4.69, 9.17) is 0 Å². The van der Waals surface area contributed by atoms with Crippen molar-refractivity contribution < 1.29 is 0 Å². The van der Waals surface area contributed by atoms with Gasteiger partial charge < -0.3 is 5.32 Å². The first-order valence-electron chi connectivity index (χ1n) is 8.76. The molecule has 0 aromatic heterocycles. The van der Waals surface area contributed by atoms with E-state index in [1.807, 2.05) is 0 Å². The summed E-state index contributed by atoms with van der Waals surface area (Å²) >= 11 is 0. The second-order valence-electron chi connectivity index (χ2n) is 7.45. The molecule has 2 aliphatic rings. The van der Waals surface area contributed by atoms with Crippen molar-refractivity contribution in [2.24, 2.45) is 11.8 Å². The molecule has 3 heteroatoms. The summed E-state index contributed by atoms with van der Waals surface area (Å²) in [6.07, 6.45) is 4.28. The first-order valence-corrected chi connectivity index (χ1v) is 8.76. The maximum atomic E-state index is 3.62. The van der Waals surface area contributed by atoms with E-state index in [1.54, 1.807) is 0 Å². The van der Waals surface area contributed by atoms with Crippen LogP contribution in [-0.4, -0.2) is 61.2 Å². The van der Waals surface area contributed by atoms with Gasteiger partial charge in [-0.05, 0) is 51.2 Å². The molecule has 0 aromatic carbocycles. The van der Waals surface area contributed by atoms with Crippen molar-refractivity contribution in [1.29, 1.82) is 0 Å². The molecule has 0 amide bonds. The van der Waals surface area contributed by atoms with E-state index in [9.17, 15) is 0 Å². The first kappa shape index (κ1) is 16.3. The van der Waals surface area contributed by atoms with Gasteiger partial charge in [-0.1, -0.05) is 27.2 Å². The minimum Gasteiger partial charge on any atom is -0.316 e. The third-order valence-corrected chi connectivity index (χ3v) is 5.29. The summed E-state index contributed by atoms with van der Waals surface area (Å²) in [6.45, 7) is 16.9. The van der Waals surface area contributed by atoms with Crippen molar-refractivity contribution in [3.05, 3.63) is 0 Å². The molecule has 2 rings (SSSR count). The lowest BCUT2D eigenvalue weighted by Gasteiger charge is -2.47. The van der Waals surface area contributed by atoms with Crippen molar-refractivity contribution in [3.8, 4) is 0 Å². The van der Waals surface area contributed by atoms with Gasteiger partial charge in [0.25, 0.3) is 0 Å². The molecule has 20 heavy (non-hydrogen) atoms. The van der Waals surface area contributed by atoms with Gasteiger partial charge in [-0.15, -0.1) is 0 Å². The van der Waals surface area contributed by atoms with Crippen LogP contribution in [0, 0.1) is 11.8 Å². The molecule has 2 fully saturated rings. The topological polar surface area (TPSA) is 18.5 Å². The van der Waals surface area contributed by atoms with E-state index in [0.717, 1.165) is 31.0 Å². The SMILES string of the molecule is CC(C)CNCC(C)C(C)N1CCN2CCCCC2C1. The summed E-state index contributed by atoms with van der Waals surface area (Å²) in [4.78, 5) is 5.47. The number of piperazine rings is 1. The Balaban J connectivity index is 1.75. The van der Waals surface area contributed by atoms with Crippen LogP contribution in [0.2, 0.25) is 0 Å². The third-order valence-electron chi connectivity index (χ3n) is 5.29. The highest BCUT2D eigenvalue weighted by Crippen LogP contribution is 2.23. The van der Waals surface area contributed by atoms with E-state index in [2.05, 4.69) is 42.8 Å². The highest BCUT2D eigenvalue weighted by atomic mass is 15.3. The molecular formula is C17H35N3. The number of hydrogen-bond donors (Lipinski definition) is 1. The summed E-state index contributed by atoms with van der Waals surface area (Å²) in [7, 11) is 0. The highest BCUT2D eigenvalue weighted by Gasteiger charge is 2.32. The zero-order valence-corrected chi connectivity index (χ0v) is 14.1. The maximum absolute atomic E-state index is 3.62. The largest absolute Gasteiger partial charge is 0.316 e. The van der Waals surface area contributed by atoms with Crippen LogP contribution in [0.5, 0.6) is 0 Å². The second-order valence-corrected chi connectivity index (χ2v) is 7.45. The Morgan fingerprint density at radius 3 is 2.55 bits per heavy atom. The van der Waals surface area contributed by atoms with Gasteiger partial charge in [0.2, 0.25) is 0 Å². The van der Waals surface area contributed by atoms with Gasteiger partial charge in [-0.3, -0.25) is 9.80 Å². The van der Waals surface area contributed by atoms with Gasteiger partial charge >= 0.3 is 0 Å². The van der Waals surface area contributed by atoms with Crippen LogP contribution in [0.15, 0.2) is 0 Å². The molecule has 2 heterocycles. The molecule has 1 N–H and O–H groups in total. The molecule has 0 radical (unpaired) electrons. The molecule has 2 aliphatic heterocycles. The van der Waals surface area contributed by atoms with Crippen LogP contribution in [0.25, 0.3) is 0 Å².